The van der Waals surface area contributed by atoms with Crippen molar-refractivity contribution < 1.29 is 19.3 Å². The number of hydrogen-bond donors (Lipinski definition) is 1. The number of nitro benzene ring substituents is 1. The molecule has 3 rings (SSSR count). The first kappa shape index (κ1) is 18.6. The normalized spacial score (nSPS) is 21.4. The molecule has 0 aliphatic carbocycles. The standard InChI is InChI=1S/C17H24N4O5/c22-16(18-26-17-3-1-2-12-25-17)13-19-8-10-20(11-9-19)14-4-6-15(7-5-14)21(23)24/h4-7,17H,1-3,8-13H2,(H,18,22). The summed E-state index contributed by atoms with van der Waals surface area (Å²) in [6.45, 7) is 3.95. The summed E-state index contributed by atoms with van der Waals surface area (Å²) in [5.74, 6) is -0.178. The molecule has 2 heterocycles. The molecule has 142 valence electrons. The molecule has 0 saturated carbocycles. The summed E-state index contributed by atoms with van der Waals surface area (Å²) in [6, 6.07) is 6.55. The van der Waals surface area contributed by atoms with Gasteiger partial charge in [-0.2, -0.15) is 0 Å². The van der Waals surface area contributed by atoms with Gasteiger partial charge in [0.25, 0.3) is 11.6 Å². The summed E-state index contributed by atoms with van der Waals surface area (Å²) in [7, 11) is 0. The lowest BCUT2D eigenvalue weighted by Gasteiger charge is -2.35. The second-order valence-electron chi connectivity index (χ2n) is 6.48. The van der Waals surface area contributed by atoms with E-state index in [9.17, 15) is 14.9 Å². The minimum Gasteiger partial charge on any atom is -0.369 e. The number of anilines is 1. The van der Waals surface area contributed by atoms with Crippen molar-refractivity contribution in [2.24, 2.45) is 0 Å². The predicted molar refractivity (Wildman–Crippen MR) is 94.6 cm³/mol. The lowest BCUT2D eigenvalue weighted by atomic mass is 10.2. The highest BCUT2D eigenvalue weighted by atomic mass is 16.8. The van der Waals surface area contributed by atoms with Crippen molar-refractivity contribution >= 4 is 17.3 Å². The number of nitrogens with zero attached hydrogens (tertiary/aromatic N) is 3. The maximum Gasteiger partial charge on any atom is 0.269 e. The Morgan fingerprint density at radius 2 is 1.96 bits per heavy atom. The number of carbonyl (C=O) groups excluding carboxylic acids is 1. The van der Waals surface area contributed by atoms with E-state index in [2.05, 4.69) is 15.3 Å². The average molecular weight is 364 g/mol. The Labute approximate surface area is 151 Å². The molecule has 0 spiro atoms. The SMILES string of the molecule is O=C(CN1CCN(c2ccc([N+](=O)[O-])cc2)CC1)NOC1CCCCO1. The van der Waals surface area contributed by atoms with Gasteiger partial charge in [0.2, 0.25) is 0 Å². The molecule has 1 unspecified atom stereocenters. The quantitative estimate of drug-likeness (QED) is 0.600. The lowest BCUT2D eigenvalue weighted by molar-refractivity contribution is -0.384. The molecule has 9 nitrogen and oxygen atoms in total. The Balaban J connectivity index is 1.39. The van der Waals surface area contributed by atoms with Crippen LogP contribution >= 0.6 is 0 Å². The molecule has 0 radical (unpaired) electrons. The van der Waals surface area contributed by atoms with Crippen molar-refractivity contribution in [1.29, 1.82) is 0 Å². The van der Waals surface area contributed by atoms with Crippen LogP contribution in [-0.2, 0) is 14.4 Å². The van der Waals surface area contributed by atoms with Crippen molar-refractivity contribution in [2.75, 3.05) is 44.2 Å². The second kappa shape index (κ2) is 8.93. The summed E-state index contributed by atoms with van der Waals surface area (Å²) in [5, 5.41) is 10.7. The maximum absolute atomic E-state index is 12.0. The van der Waals surface area contributed by atoms with Crippen LogP contribution in [0.4, 0.5) is 11.4 Å². The molecule has 1 aromatic carbocycles. The summed E-state index contributed by atoms with van der Waals surface area (Å²) >= 11 is 0. The van der Waals surface area contributed by atoms with Gasteiger partial charge in [0.05, 0.1) is 11.5 Å². The Hall–Kier alpha value is -2.23. The molecule has 2 saturated heterocycles. The van der Waals surface area contributed by atoms with E-state index >= 15 is 0 Å². The van der Waals surface area contributed by atoms with Crippen molar-refractivity contribution in [3.63, 3.8) is 0 Å². The van der Waals surface area contributed by atoms with Gasteiger partial charge in [-0.15, -0.1) is 0 Å². The minimum absolute atomic E-state index is 0.0889. The molecule has 0 aromatic heterocycles. The van der Waals surface area contributed by atoms with Gasteiger partial charge >= 0.3 is 0 Å². The Bertz CT molecular complexity index is 610. The minimum atomic E-state index is -0.402. The van der Waals surface area contributed by atoms with E-state index in [1.165, 1.54) is 12.1 Å². The Morgan fingerprint density at radius 1 is 1.23 bits per heavy atom. The fraction of sp³-hybridized carbons (Fsp3) is 0.588. The van der Waals surface area contributed by atoms with Crippen molar-refractivity contribution in [1.82, 2.24) is 10.4 Å². The number of hydroxylamine groups is 1. The van der Waals surface area contributed by atoms with Gasteiger partial charge in [-0.1, -0.05) is 0 Å². The first-order chi connectivity index (χ1) is 12.6. The van der Waals surface area contributed by atoms with Gasteiger partial charge in [-0.25, -0.2) is 10.3 Å². The van der Waals surface area contributed by atoms with Gasteiger partial charge in [0.1, 0.15) is 0 Å². The van der Waals surface area contributed by atoms with Crippen LogP contribution in [0, 0.1) is 10.1 Å². The van der Waals surface area contributed by atoms with E-state index < -0.39 is 4.92 Å². The number of rotatable bonds is 6. The largest absolute Gasteiger partial charge is 0.369 e. The zero-order chi connectivity index (χ0) is 18.4. The highest BCUT2D eigenvalue weighted by Gasteiger charge is 2.21. The fourth-order valence-electron chi connectivity index (χ4n) is 3.12. The molecule has 9 heteroatoms. The highest BCUT2D eigenvalue weighted by molar-refractivity contribution is 5.77. The van der Waals surface area contributed by atoms with Crippen LogP contribution in [0.3, 0.4) is 0 Å². The van der Waals surface area contributed by atoms with Gasteiger partial charge in [0.15, 0.2) is 6.29 Å². The van der Waals surface area contributed by atoms with Gasteiger partial charge in [-0.3, -0.25) is 19.8 Å². The van der Waals surface area contributed by atoms with Crippen molar-refractivity contribution in [2.45, 2.75) is 25.6 Å². The van der Waals surface area contributed by atoms with Crippen LogP contribution in [0.5, 0.6) is 0 Å². The van der Waals surface area contributed by atoms with E-state index in [0.717, 1.165) is 51.1 Å². The van der Waals surface area contributed by atoms with E-state index in [0.29, 0.717) is 6.61 Å². The van der Waals surface area contributed by atoms with E-state index in [4.69, 9.17) is 9.57 Å². The monoisotopic (exact) mass is 364 g/mol. The van der Waals surface area contributed by atoms with E-state index in [-0.39, 0.29) is 24.4 Å². The number of ether oxygens (including phenoxy) is 1. The van der Waals surface area contributed by atoms with Gasteiger partial charge < -0.3 is 9.64 Å². The third-order valence-electron chi connectivity index (χ3n) is 4.61. The fourth-order valence-corrected chi connectivity index (χ4v) is 3.12. The van der Waals surface area contributed by atoms with Crippen LogP contribution in [0.25, 0.3) is 0 Å². The van der Waals surface area contributed by atoms with Gasteiger partial charge in [-0.05, 0) is 25.0 Å². The first-order valence-corrected chi connectivity index (χ1v) is 8.89. The van der Waals surface area contributed by atoms with Crippen molar-refractivity contribution in [3.05, 3.63) is 34.4 Å². The predicted octanol–water partition coefficient (Wildman–Crippen LogP) is 1.29. The third-order valence-corrected chi connectivity index (χ3v) is 4.61. The molecular formula is C17H24N4O5. The molecule has 1 N–H and O–H groups in total. The van der Waals surface area contributed by atoms with Crippen LogP contribution in [0.1, 0.15) is 19.3 Å². The third kappa shape index (κ3) is 5.13. The molecule has 0 bridgehead atoms. The molecule has 2 fully saturated rings. The number of hydrogen-bond acceptors (Lipinski definition) is 7. The Kier molecular flexibility index (Phi) is 6.37. The lowest BCUT2D eigenvalue weighted by Crippen LogP contribution is -2.49. The number of amides is 1. The molecule has 1 aromatic rings. The number of benzene rings is 1. The summed E-state index contributed by atoms with van der Waals surface area (Å²) in [6.07, 6.45) is 2.54. The van der Waals surface area contributed by atoms with Gasteiger partial charge in [0, 0.05) is 57.0 Å². The van der Waals surface area contributed by atoms with Crippen molar-refractivity contribution in [3.8, 4) is 0 Å². The van der Waals surface area contributed by atoms with E-state index in [1.807, 2.05) is 0 Å². The maximum atomic E-state index is 12.0. The van der Waals surface area contributed by atoms with Crippen LogP contribution in [-0.4, -0.2) is 61.4 Å². The van der Waals surface area contributed by atoms with Crippen LogP contribution in [0.15, 0.2) is 24.3 Å². The number of nitro groups is 1. The molecule has 1 atom stereocenters. The summed E-state index contributed by atoms with van der Waals surface area (Å²) in [5.41, 5.74) is 3.52. The topological polar surface area (TPSA) is 97.2 Å². The smallest absolute Gasteiger partial charge is 0.269 e. The molecule has 2 aliphatic heterocycles. The van der Waals surface area contributed by atoms with E-state index in [1.54, 1.807) is 12.1 Å². The zero-order valence-electron chi connectivity index (χ0n) is 14.6. The summed E-state index contributed by atoms with van der Waals surface area (Å²) in [4.78, 5) is 31.8. The molecule has 2 aliphatic rings. The number of nitrogens with one attached hydrogen (secondary N) is 1. The second-order valence-corrected chi connectivity index (χ2v) is 6.48. The first-order valence-electron chi connectivity index (χ1n) is 8.89. The Morgan fingerprint density at radius 3 is 2.58 bits per heavy atom. The van der Waals surface area contributed by atoms with Crippen LogP contribution < -0.4 is 10.4 Å². The number of piperazine rings is 1. The molecule has 1 amide bonds. The summed E-state index contributed by atoms with van der Waals surface area (Å²) < 4.78 is 5.41. The number of non-ortho nitro benzene ring substituents is 1. The highest BCUT2D eigenvalue weighted by Crippen LogP contribution is 2.20. The molecule has 26 heavy (non-hydrogen) atoms. The molecular weight excluding hydrogens is 340 g/mol. The zero-order valence-corrected chi connectivity index (χ0v) is 14.6. The van der Waals surface area contributed by atoms with Crippen LogP contribution in [0.2, 0.25) is 0 Å². The number of carbonyl (C=O) groups is 1. The average Bonchev–Trinajstić information content (AvgIpc) is 2.68.